The predicted octanol–water partition coefficient (Wildman–Crippen LogP) is 9.65. The van der Waals surface area contributed by atoms with Crippen LogP contribution in [0.1, 0.15) is 101 Å². The van der Waals surface area contributed by atoms with Crippen molar-refractivity contribution in [2.75, 3.05) is 0 Å². The van der Waals surface area contributed by atoms with Crippen LogP contribution in [0.3, 0.4) is 0 Å². The average Bonchev–Trinajstić information content (AvgIpc) is 2.71. The molecule has 0 bridgehead atoms. The average molecular weight is 417 g/mol. The van der Waals surface area contributed by atoms with Gasteiger partial charge in [0.15, 0.2) is 0 Å². The highest BCUT2D eigenvalue weighted by atomic mass is 19.1. The molecule has 0 aliphatic rings. The summed E-state index contributed by atoms with van der Waals surface area (Å²) in [5, 5.41) is 0. The molecule has 0 aliphatic heterocycles. The Morgan fingerprint density at radius 3 is 1.03 bits per heavy atom. The lowest BCUT2D eigenvalue weighted by atomic mass is 9.82. The van der Waals surface area contributed by atoms with Crippen LogP contribution in [0.2, 0.25) is 0 Å². The first-order valence-electron chi connectivity index (χ1n) is 11.7. The topological polar surface area (TPSA) is 0 Å². The molecule has 0 saturated carbocycles. The first-order valence-corrected chi connectivity index (χ1v) is 11.7. The SMILES string of the molecule is CC(C)c1cccc(C(C)C)c1-c1cc(F)cc(-c2c(C(C)C)cccc2C(C)C)c1. The third kappa shape index (κ3) is 4.76. The second-order valence-corrected chi connectivity index (χ2v) is 9.97. The van der Waals surface area contributed by atoms with E-state index in [1.807, 2.05) is 0 Å². The van der Waals surface area contributed by atoms with E-state index in [4.69, 9.17) is 0 Å². The Morgan fingerprint density at radius 1 is 0.484 bits per heavy atom. The molecule has 0 unspecified atom stereocenters. The van der Waals surface area contributed by atoms with E-state index in [0.717, 1.165) is 11.1 Å². The Bertz CT molecular complexity index is 920. The Hall–Kier alpha value is -2.41. The normalized spacial score (nSPS) is 11.9. The quantitative estimate of drug-likeness (QED) is 0.375. The second kappa shape index (κ2) is 9.39. The summed E-state index contributed by atoms with van der Waals surface area (Å²) in [7, 11) is 0. The molecule has 0 amide bonds. The summed E-state index contributed by atoms with van der Waals surface area (Å²) in [5.41, 5.74) is 9.48. The van der Waals surface area contributed by atoms with E-state index >= 15 is 4.39 Å². The van der Waals surface area contributed by atoms with E-state index in [2.05, 4.69) is 97.9 Å². The van der Waals surface area contributed by atoms with Crippen molar-refractivity contribution in [1.82, 2.24) is 0 Å². The second-order valence-electron chi connectivity index (χ2n) is 9.97. The first kappa shape index (κ1) is 23.3. The van der Waals surface area contributed by atoms with Crippen molar-refractivity contribution in [2.45, 2.75) is 79.1 Å². The largest absolute Gasteiger partial charge is 0.207 e. The van der Waals surface area contributed by atoms with Crippen molar-refractivity contribution < 1.29 is 4.39 Å². The van der Waals surface area contributed by atoms with Crippen LogP contribution in [0.15, 0.2) is 54.6 Å². The van der Waals surface area contributed by atoms with Gasteiger partial charge in [-0.1, -0.05) is 91.8 Å². The fourth-order valence-corrected chi connectivity index (χ4v) is 4.65. The summed E-state index contributed by atoms with van der Waals surface area (Å²) < 4.78 is 15.1. The molecule has 0 spiro atoms. The van der Waals surface area contributed by atoms with Crippen molar-refractivity contribution in [3.8, 4) is 22.3 Å². The van der Waals surface area contributed by atoms with Gasteiger partial charge in [-0.2, -0.15) is 0 Å². The van der Waals surface area contributed by atoms with Crippen molar-refractivity contribution in [2.24, 2.45) is 0 Å². The van der Waals surface area contributed by atoms with Crippen molar-refractivity contribution in [3.63, 3.8) is 0 Å². The third-order valence-electron chi connectivity index (χ3n) is 6.22. The van der Waals surface area contributed by atoms with Crippen LogP contribution < -0.4 is 0 Å². The summed E-state index contributed by atoms with van der Waals surface area (Å²) in [6.45, 7) is 17.7. The minimum atomic E-state index is -0.172. The van der Waals surface area contributed by atoms with E-state index < -0.39 is 0 Å². The standard InChI is InChI=1S/C30H37F/c1-18(2)25-11-9-12-26(19(3)4)29(25)22-15-23(17-24(31)16-22)30-27(20(5)6)13-10-14-28(30)21(7)8/h9-21H,1-8H3. The summed E-state index contributed by atoms with van der Waals surface area (Å²) >= 11 is 0. The van der Waals surface area contributed by atoms with E-state index in [1.54, 1.807) is 12.1 Å². The lowest BCUT2D eigenvalue weighted by molar-refractivity contribution is 0.628. The van der Waals surface area contributed by atoms with Crippen molar-refractivity contribution in [3.05, 3.63) is 82.7 Å². The highest BCUT2D eigenvalue weighted by Gasteiger charge is 2.20. The molecule has 0 atom stereocenters. The van der Waals surface area contributed by atoms with E-state index in [-0.39, 0.29) is 5.82 Å². The Balaban J connectivity index is 2.36. The van der Waals surface area contributed by atoms with Gasteiger partial charge in [-0.15, -0.1) is 0 Å². The molecule has 0 N–H and O–H groups in total. The molecular formula is C30H37F. The number of hydrogen-bond acceptors (Lipinski definition) is 0. The van der Waals surface area contributed by atoms with Gasteiger partial charge in [0.05, 0.1) is 0 Å². The third-order valence-corrected chi connectivity index (χ3v) is 6.22. The number of halogens is 1. The van der Waals surface area contributed by atoms with Crippen LogP contribution in [0, 0.1) is 5.82 Å². The monoisotopic (exact) mass is 416 g/mol. The van der Waals surface area contributed by atoms with Gasteiger partial charge in [0.2, 0.25) is 0 Å². The molecule has 0 heterocycles. The molecular weight excluding hydrogens is 379 g/mol. The van der Waals surface area contributed by atoms with E-state index in [0.29, 0.717) is 23.7 Å². The van der Waals surface area contributed by atoms with Gasteiger partial charge < -0.3 is 0 Å². The van der Waals surface area contributed by atoms with Crippen LogP contribution in [0.25, 0.3) is 22.3 Å². The number of benzene rings is 3. The maximum Gasteiger partial charge on any atom is 0.124 e. The van der Waals surface area contributed by atoms with E-state index in [1.165, 1.54) is 33.4 Å². The summed E-state index contributed by atoms with van der Waals surface area (Å²) in [5.74, 6) is 1.31. The smallest absolute Gasteiger partial charge is 0.124 e. The van der Waals surface area contributed by atoms with Gasteiger partial charge >= 0.3 is 0 Å². The molecule has 0 saturated heterocycles. The Labute approximate surface area is 188 Å². The Kier molecular flexibility index (Phi) is 7.04. The van der Waals surface area contributed by atoms with Gasteiger partial charge in [-0.25, -0.2) is 4.39 Å². The van der Waals surface area contributed by atoms with Crippen LogP contribution in [-0.2, 0) is 0 Å². The Morgan fingerprint density at radius 2 is 0.774 bits per heavy atom. The predicted molar refractivity (Wildman–Crippen MR) is 134 cm³/mol. The molecule has 3 aromatic rings. The van der Waals surface area contributed by atoms with Crippen LogP contribution in [-0.4, -0.2) is 0 Å². The molecule has 0 fully saturated rings. The van der Waals surface area contributed by atoms with Crippen LogP contribution >= 0.6 is 0 Å². The number of hydrogen-bond donors (Lipinski definition) is 0. The zero-order chi connectivity index (χ0) is 22.9. The zero-order valence-electron chi connectivity index (χ0n) is 20.4. The molecule has 0 nitrogen and oxygen atoms in total. The molecule has 3 aromatic carbocycles. The van der Waals surface area contributed by atoms with Gasteiger partial charge in [-0.3, -0.25) is 0 Å². The highest BCUT2D eigenvalue weighted by molar-refractivity contribution is 5.80. The molecule has 31 heavy (non-hydrogen) atoms. The van der Waals surface area contributed by atoms with Gasteiger partial charge in [0, 0.05) is 0 Å². The minimum Gasteiger partial charge on any atom is -0.207 e. The van der Waals surface area contributed by atoms with Crippen molar-refractivity contribution in [1.29, 1.82) is 0 Å². The lowest BCUT2D eigenvalue weighted by Crippen LogP contribution is -2.02. The van der Waals surface area contributed by atoms with Gasteiger partial charge in [0.1, 0.15) is 5.82 Å². The minimum absolute atomic E-state index is 0.172. The molecule has 0 aliphatic carbocycles. The molecule has 1 heteroatoms. The number of rotatable bonds is 6. The van der Waals surface area contributed by atoms with E-state index in [9.17, 15) is 0 Å². The van der Waals surface area contributed by atoms with Crippen LogP contribution in [0.4, 0.5) is 4.39 Å². The molecule has 164 valence electrons. The molecule has 3 rings (SSSR count). The van der Waals surface area contributed by atoms with Crippen molar-refractivity contribution >= 4 is 0 Å². The molecule has 0 radical (unpaired) electrons. The summed E-state index contributed by atoms with van der Waals surface area (Å²) in [6, 6.07) is 18.7. The zero-order valence-corrected chi connectivity index (χ0v) is 20.4. The fraction of sp³-hybridized carbons (Fsp3) is 0.400. The lowest BCUT2D eigenvalue weighted by Gasteiger charge is -2.23. The van der Waals surface area contributed by atoms with Crippen LogP contribution in [0.5, 0.6) is 0 Å². The molecule has 0 aromatic heterocycles. The fourth-order valence-electron chi connectivity index (χ4n) is 4.65. The van der Waals surface area contributed by atoms with Gasteiger partial charge in [0.25, 0.3) is 0 Å². The highest BCUT2D eigenvalue weighted by Crippen LogP contribution is 2.41. The van der Waals surface area contributed by atoms with Gasteiger partial charge in [-0.05, 0) is 86.4 Å². The first-order chi connectivity index (χ1) is 14.6. The maximum absolute atomic E-state index is 15.1. The maximum atomic E-state index is 15.1. The summed E-state index contributed by atoms with van der Waals surface area (Å²) in [6.07, 6.45) is 0. The summed E-state index contributed by atoms with van der Waals surface area (Å²) in [4.78, 5) is 0.